The minimum Gasteiger partial charge on any atom is -0.462 e. The normalized spacial score (nSPS) is 12.8. The van der Waals surface area contributed by atoms with Crippen LogP contribution in [0.4, 0.5) is 0 Å². The smallest absolute Gasteiger partial charge is 0.306 e. The zero-order chi connectivity index (χ0) is 42.3. The fraction of sp³-hybridized carbons (Fsp3) is 0.673. The number of carbonyl (C=O) groups is 3. The molecule has 0 heterocycles. The van der Waals surface area contributed by atoms with E-state index in [0.29, 0.717) is 19.3 Å². The van der Waals surface area contributed by atoms with Crippen LogP contribution < -0.4 is 0 Å². The Bertz CT molecular complexity index is 1160. The molecule has 0 rings (SSSR count). The molecule has 0 fully saturated rings. The predicted molar refractivity (Wildman–Crippen MR) is 247 cm³/mol. The lowest BCUT2D eigenvalue weighted by Crippen LogP contribution is -2.30. The molecule has 0 aromatic carbocycles. The molecular formula is C52H86O6. The van der Waals surface area contributed by atoms with Gasteiger partial charge in [-0.25, -0.2) is 0 Å². The summed E-state index contributed by atoms with van der Waals surface area (Å²) in [4.78, 5) is 37.5. The molecule has 0 aromatic rings. The van der Waals surface area contributed by atoms with Gasteiger partial charge in [-0.05, 0) is 70.6 Å². The summed E-state index contributed by atoms with van der Waals surface area (Å²) >= 11 is 0. The van der Waals surface area contributed by atoms with Crippen LogP contribution in [0.15, 0.2) is 85.1 Å². The van der Waals surface area contributed by atoms with Crippen LogP contribution in [0.1, 0.15) is 207 Å². The SMILES string of the molecule is CC/C=C\C/C=C\C/C=C\C/C=C\C/C=C\C/C=C\C/C=C\CCCC(=O)OCC(COC(=O)CCCCCCC)OC(=O)CCCCCCCCCCCCCC. The van der Waals surface area contributed by atoms with Crippen molar-refractivity contribution in [3.8, 4) is 0 Å². The Kier molecular flexibility index (Phi) is 43.6. The highest BCUT2D eigenvalue weighted by molar-refractivity contribution is 5.71. The number of ether oxygens (including phenoxy) is 3. The highest BCUT2D eigenvalue weighted by Gasteiger charge is 2.19. The molecule has 0 amide bonds. The van der Waals surface area contributed by atoms with Crippen molar-refractivity contribution in [3.63, 3.8) is 0 Å². The van der Waals surface area contributed by atoms with Gasteiger partial charge >= 0.3 is 17.9 Å². The summed E-state index contributed by atoms with van der Waals surface area (Å²) in [6, 6.07) is 0. The topological polar surface area (TPSA) is 78.9 Å². The average Bonchev–Trinajstić information content (AvgIpc) is 3.22. The van der Waals surface area contributed by atoms with Crippen molar-refractivity contribution >= 4 is 17.9 Å². The quantitative estimate of drug-likeness (QED) is 0.0265. The monoisotopic (exact) mass is 807 g/mol. The lowest BCUT2D eigenvalue weighted by atomic mass is 10.0. The molecule has 1 atom stereocenters. The molecule has 0 aliphatic heterocycles. The summed E-state index contributed by atoms with van der Waals surface area (Å²) in [7, 11) is 0. The van der Waals surface area contributed by atoms with Crippen LogP contribution in [0, 0.1) is 0 Å². The Morgan fingerprint density at radius 3 is 1.05 bits per heavy atom. The van der Waals surface area contributed by atoms with E-state index in [-0.39, 0.29) is 37.5 Å². The van der Waals surface area contributed by atoms with Crippen molar-refractivity contribution in [3.05, 3.63) is 85.1 Å². The summed E-state index contributed by atoms with van der Waals surface area (Å²) in [6.07, 6.45) is 58.9. The van der Waals surface area contributed by atoms with E-state index in [1.807, 2.05) is 0 Å². The fourth-order valence-corrected chi connectivity index (χ4v) is 6.14. The van der Waals surface area contributed by atoms with Gasteiger partial charge in [-0.3, -0.25) is 14.4 Å². The maximum atomic E-state index is 12.7. The lowest BCUT2D eigenvalue weighted by Gasteiger charge is -2.18. The maximum absolute atomic E-state index is 12.7. The molecule has 0 aromatic heterocycles. The zero-order valence-electron chi connectivity index (χ0n) is 37.5. The van der Waals surface area contributed by atoms with Crippen molar-refractivity contribution in [1.82, 2.24) is 0 Å². The Balaban J connectivity index is 4.29. The van der Waals surface area contributed by atoms with Crippen LogP contribution in [-0.4, -0.2) is 37.2 Å². The fourth-order valence-electron chi connectivity index (χ4n) is 6.14. The maximum Gasteiger partial charge on any atom is 0.306 e. The molecule has 0 radical (unpaired) electrons. The van der Waals surface area contributed by atoms with Crippen LogP contribution in [0.5, 0.6) is 0 Å². The van der Waals surface area contributed by atoms with Crippen LogP contribution in [0.25, 0.3) is 0 Å². The first-order chi connectivity index (χ1) is 28.5. The molecule has 0 saturated carbocycles. The van der Waals surface area contributed by atoms with Crippen molar-refractivity contribution < 1.29 is 28.6 Å². The highest BCUT2D eigenvalue weighted by Crippen LogP contribution is 2.14. The van der Waals surface area contributed by atoms with E-state index in [9.17, 15) is 14.4 Å². The number of hydrogen-bond acceptors (Lipinski definition) is 6. The van der Waals surface area contributed by atoms with E-state index >= 15 is 0 Å². The van der Waals surface area contributed by atoms with E-state index in [1.165, 1.54) is 57.8 Å². The van der Waals surface area contributed by atoms with Crippen molar-refractivity contribution in [2.45, 2.75) is 213 Å². The van der Waals surface area contributed by atoms with E-state index in [0.717, 1.165) is 103 Å². The molecular weight excluding hydrogens is 721 g/mol. The molecule has 1 unspecified atom stereocenters. The molecule has 0 aliphatic rings. The summed E-state index contributed by atoms with van der Waals surface area (Å²) in [5, 5.41) is 0. The Morgan fingerprint density at radius 2 is 0.672 bits per heavy atom. The number of unbranched alkanes of at least 4 members (excludes halogenated alkanes) is 16. The number of carbonyl (C=O) groups excluding carboxylic acids is 3. The van der Waals surface area contributed by atoms with Gasteiger partial charge in [0.2, 0.25) is 0 Å². The second-order valence-corrected chi connectivity index (χ2v) is 15.3. The largest absolute Gasteiger partial charge is 0.462 e. The molecule has 0 bridgehead atoms. The third kappa shape index (κ3) is 43.7. The summed E-state index contributed by atoms with van der Waals surface area (Å²) in [5.74, 6) is -0.976. The minimum absolute atomic E-state index is 0.0946. The van der Waals surface area contributed by atoms with Gasteiger partial charge in [0, 0.05) is 19.3 Å². The Hall–Kier alpha value is -3.41. The van der Waals surface area contributed by atoms with Gasteiger partial charge in [-0.2, -0.15) is 0 Å². The molecule has 0 aliphatic carbocycles. The second kappa shape index (κ2) is 46.3. The zero-order valence-corrected chi connectivity index (χ0v) is 37.5. The van der Waals surface area contributed by atoms with Crippen molar-refractivity contribution in [2.75, 3.05) is 13.2 Å². The molecule has 0 spiro atoms. The van der Waals surface area contributed by atoms with Crippen LogP contribution in [-0.2, 0) is 28.6 Å². The molecule has 0 N–H and O–H groups in total. The van der Waals surface area contributed by atoms with E-state index in [1.54, 1.807) is 0 Å². The Morgan fingerprint density at radius 1 is 0.362 bits per heavy atom. The van der Waals surface area contributed by atoms with Crippen LogP contribution in [0.3, 0.4) is 0 Å². The number of rotatable bonds is 41. The van der Waals surface area contributed by atoms with Gasteiger partial charge in [0.25, 0.3) is 0 Å². The number of esters is 3. The third-order valence-corrected chi connectivity index (χ3v) is 9.66. The van der Waals surface area contributed by atoms with E-state index in [2.05, 4.69) is 106 Å². The second-order valence-electron chi connectivity index (χ2n) is 15.3. The molecule has 0 saturated heterocycles. The van der Waals surface area contributed by atoms with Gasteiger partial charge in [0.1, 0.15) is 13.2 Å². The average molecular weight is 807 g/mol. The third-order valence-electron chi connectivity index (χ3n) is 9.66. The standard InChI is InChI=1S/C52H86O6/c1-4-7-10-13-15-17-19-21-22-23-24-25-26-27-28-29-30-31-33-34-36-39-42-45-51(54)57-48-49(47-56-50(53)44-41-38-12-9-6-3)58-52(55)46-43-40-37-35-32-20-18-16-14-11-8-5-2/h7,10,15,17,21-22,24-25,27-28,30-31,34,36,49H,4-6,8-9,11-14,16,18-20,23,26,29,32-33,35,37-48H2,1-3H3/b10-7-,17-15-,22-21-,25-24-,28-27-,31-30-,36-34-. The Labute approximate surface area is 356 Å². The van der Waals surface area contributed by atoms with E-state index in [4.69, 9.17) is 14.2 Å². The summed E-state index contributed by atoms with van der Waals surface area (Å²) < 4.78 is 16.6. The van der Waals surface area contributed by atoms with Crippen LogP contribution >= 0.6 is 0 Å². The van der Waals surface area contributed by atoms with Gasteiger partial charge in [0.05, 0.1) is 0 Å². The lowest BCUT2D eigenvalue weighted by molar-refractivity contribution is -0.167. The summed E-state index contributed by atoms with van der Waals surface area (Å²) in [5.41, 5.74) is 0. The molecule has 330 valence electrons. The van der Waals surface area contributed by atoms with Gasteiger partial charge in [0.15, 0.2) is 6.10 Å². The molecule has 58 heavy (non-hydrogen) atoms. The van der Waals surface area contributed by atoms with Gasteiger partial charge in [-0.1, -0.05) is 202 Å². The first-order valence-electron chi connectivity index (χ1n) is 23.6. The van der Waals surface area contributed by atoms with E-state index < -0.39 is 6.10 Å². The number of allylic oxidation sites excluding steroid dienone is 14. The molecule has 6 heteroatoms. The van der Waals surface area contributed by atoms with Crippen LogP contribution in [0.2, 0.25) is 0 Å². The van der Waals surface area contributed by atoms with Gasteiger partial charge in [-0.15, -0.1) is 0 Å². The van der Waals surface area contributed by atoms with Crippen molar-refractivity contribution in [2.24, 2.45) is 0 Å². The molecule has 6 nitrogen and oxygen atoms in total. The predicted octanol–water partition coefficient (Wildman–Crippen LogP) is 15.3. The highest BCUT2D eigenvalue weighted by atomic mass is 16.6. The van der Waals surface area contributed by atoms with Gasteiger partial charge < -0.3 is 14.2 Å². The minimum atomic E-state index is -0.792. The number of hydrogen-bond donors (Lipinski definition) is 0. The first kappa shape index (κ1) is 54.6. The van der Waals surface area contributed by atoms with Crippen molar-refractivity contribution in [1.29, 1.82) is 0 Å². The first-order valence-corrected chi connectivity index (χ1v) is 23.6. The summed E-state index contributed by atoms with van der Waals surface area (Å²) in [6.45, 7) is 6.37.